The molecule has 3 rings (SSSR count). The minimum atomic E-state index is 0.351. The number of pyridine rings is 1. The second-order valence-corrected chi connectivity index (χ2v) is 5.15. The zero-order chi connectivity index (χ0) is 13.2. The van der Waals surface area contributed by atoms with Gasteiger partial charge in [-0.3, -0.25) is 4.98 Å². The van der Waals surface area contributed by atoms with Gasteiger partial charge in [-0.05, 0) is 35.7 Å². The van der Waals surface area contributed by atoms with Crippen LogP contribution < -0.4 is 10.6 Å². The van der Waals surface area contributed by atoms with E-state index in [1.54, 1.807) is 6.20 Å². The topological polar surface area (TPSA) is 42.1 Å². The van der Waals surface area contributed by atoms with Crippen LogP contribution >= 0.6 is 12.2 Å². The lowest BCUT2D eigenvalue weighted by atomic mass is 10.1. The molecule has 0 amide bonds. The van der Waals surface area contributed by atoms with Crippen molar-refractivity contribution in [3.8, 4) is 0 Å². The number of benzene rings is 1. The van der Waals surface area contributed by atoms with Crippen LogP contribution in [0.1, 0.15) is 16.8 Å². The van der Waals surface area contributed by atoms with E-state index < -0.39 is 0 Å². The first-order valence-corrected chi connectivity index (χ1v) is 6.72. The Balaban J connectivity index is 1.83. The molecule has 0 aliphatic carbocycles. The molecule has 4 heteroatoms. The van der Waals surface area contributed by atoms with Crippen molar-refractivity contribution in [1.82, 2.24) is 4.98 Å². The van der Waals surface area contributed by atoms with E-state index in [0.29, 0.717) is 10.7 Å². The summed E-state index contributed by atoms with van der Waals surface area (Å²) < 4.78 is 0. The lowest BCUT2D eigenvalue weighted by Gasteiger charge is -2.19. The highest BCUT2D eigenvalue weighted by atomic mass is 32.1. The molecule has 3 nitrogen and oxygen atoms in total. The fraction of sp³-hybridized carbons (Fsp3) is 0.200. The molecule has 1 aliphatic rings. The molecule has 1 aromatic heterocycles. The SMILES string of the molecule is NC(=S)c1cc(CN2CCc3ccccc32)ccn1. The van der Waals surface area contributed by atoms with Gasteiger partial charge in [0.2, 0.25) is 0 Å². The number of fused-ring (bicyclic) bond motifs is 1. The first-order valence-electron chi connectivity index (χ1n) is 6.31. The quantitative estimate of drug-likeness (QED) is 0.868. The standard InChI is InChI=1S/C15H15N3S/c16-15(19)13-9-11(5-7-17-13)10-18-8-6-12-3-1-2-4-14(12)18/h1-5,7,9H,6,8,10H2,(H2,16,19). The minimum Gasteiger partial charge on any atom is -0.388 e. The number of hydrogen-bond acceptors (Lipinski definition) is 3. The van der Waals surface area contributed by atoms with Gasteiger partial charge in [-0.1, -0.05) is 30.4 Å². The summed E-state index contributed by atoms with van der Waals surface area (Å²) in [5.41, 5.74) is 10.3. The van der Waals surface area contributed by atoms with Crippen LogP contribution in [0.25, 0.3) is 0 Å². The van der Waals surface area contributed by atoms with Gasteiger partial charge in [0, 0.05) is 25.0 Å². The maximum Gasteiger partial charge on any atom is 0.122 e. The predicted octanol–water partition coefficient (Wildman–Crippen LogP) is 2.28. The van der Waals surface area contributed by atoms with Crippen molar-refractivity contribution in [2.75, 3.05) is 11.4 Å². The average molecular weight is 269 g/mol. The van der Waals surface area contributed by atoms with Crippen LogP contribution in [0.2, 0.25) is 0 Å². The molecule has 2 aromatic rings. The van der Waals surface area contributed by atoms with E-state index in [4.69, 9.17) is 18.0 Å². The first-order chi connectivity index (χ1) is 9.24. The molecular formula is C15H15N3S. The monoisotopic (exact) mass is 269 g/mol. The largest absolute Gasteiger partial charge is 0.388 e. The van der Waals surface area contributed by atoms with Crippen molar-refractivity contribution in [3.63, 3.8) is 0 Å². The van der Waals surface area contributed by atoms with E-state index in [2.05, 4.69) is 34.1 Å². The number of nitrogens with two attached hydrogens (primary N) is 1. The Hall–Kier alpha value is -1.94. The van der Waals surface area contributed by atoms with Crippen LogP contribution in [-0.2, 0) is 13.0 Å². The van der Waals surface area contributed by atoms with E-state index in [1.807, 2.05) is 12.1 Å². The summed E-state index contributed by atoms with van der Waals surface area (Å²) in [5, 5.41) is 0. The maximum atomic E-state index is 5.62. The van der Waals surface area contributed by atoms with Crippen LogP contribution in [0.5, 0.6) is 0 Å². The third kappa shape index (κ3) is 2.44. The summed E-state index contributed by atoms with van der Waals surface area (Å²) >= 11 is 4.97. The highest BCUT2D eigenvalue weighted by Crippen LogP contribution is 2.28. The Morgan fingerprint density at radius 3 is 3.00 bits per heavy atom. The zero-order valence-electron chi connectivity index (χ0n) is 10.5. The Labute approximate surface area is 118 Å². The smallest absolute Gasteiger partial charge is 0.122 e. The molecule has 0 saturated heterocycles. The van der Waals surface area contributed by atoms with Gasteiger partial charge in [-0.25, -0.2) is 0 Å². The summed E-state index contributed by atoms with van der Waals surface area (Å²) in [5.74, 6) is 0. The summed E-state index contributed by atoms with van der Waals surface area (Å²) in [6, 6.07) is 12.6. The van der Waals surface area contributed by atoms with Gasteiger partial charge in [-0.2, -0.15) is 0 Å². The predicted molar refractivity (Wildman–Crippen MR) is 81.3 cm³/mol. The van der Waals surface area contributed by atoms with Crippen LogP contribution in [0, 0.1) is 0 Å². The van der Waals surface area contributed by atoms with Crippen LogP contribution in [-0.4, -0.2) is 16.5 Å². The number of anilines is 1. The summed E-state index contributed by atoms with van der Waals surface area (Å²) in [6.07, 6.45) is 2.88. The fourth-order valence-corrected chi connectivity index (χ4v) is 2.61. The van der Waals surface area contributed by atoms with Crippen LogP contribution in [0.15, 0.2) is 42.6 Å². The van der Waals surface area contributed by atoms with Crippen molar-refractivity contribution in [3.05, 3.63) is 59.4 Å². The molecule has 1 aromatic carbocycles. The van der Waals surface area contributed by atoms with Gasteiger partial charge in [0.15, 0.2) is 0 Å². The number of hydrogen-bond donors (Lipinski definition) is 1. The van der Waals surface area contributed by atoms with Crippen molar-refractivity contribution in [1.29, 1.82) is 0 Å². The molecule has 2 N–H and O–H groups in total. The maximum absolute atomic E-state index is 5.62. The zero-order valence-corrected chi connectivity index (χ0v) is 11.4. The average Bonchev–Trinajstić information content (AvgIpc) is 2.83. The van der Waals surface area contributed by atoms with Crippen molar-refractivity contribution < 1.29 is 0 Å². The van der Waals surface area contributed by atoms with E-state index in [0.717, 1.165) is 19.5 Å². The third-order valence-electron chi connectivity index (χ3n) is 3.43. The number of aromatic nitrogens is 1. The van der Waals surface area contributed by atoms with Gasteiger partial charge < -0.3 is 10.6 Å². The lowest BCUT2D eigenvalue weighted by Crippen LogP contribution is -2.20. The Morgan fingerprint density at radius 1 is 1.32 bits per heavy atom. The van der Waals surface area contributed by atoms with Gasteiger partial charge >= 0.3 is 0 Å². The Kier molecular flexibility index (Phi) is 3.17. The molecule has 0 atom stereocenters. The van der Waals surface area contributed by atoms with E-state index in [1.165, 1.54) is 16.8 Å². The number of nitrogens with zero attached hydrogens (tertiary/aromatic N) is 2. The molecule has 0 spiro atoms. The third-order valence-corrected chi connectivity index (χ3v) is 3.64. The van der Waals surface area contributed by atoms with E-state index in [-0.39, 0.29) is 0 Å². The molecule has 0 fully saturated rings. The molecule has 0 saturated carbocycles. The molecule has 19 heavy (non-hydrogen) atoms. The molecule has 1 aliphatic heterocycles. The molecule has 96 valence electrons. The molecule has 0 bridgehead atoms. The van der Waals surface area contributed by atoms with Gasteiger partial charge in [0.25, 0.3) is 0 Å². The molecule has 2 heterocycles. The van der Waals surface area contributed by atoms with Crippen LogP contribution in [0.4, 0.5) is 5.69 Å². The fourth-order valence-electron chi connectivity index (χ4n) is 2.50. The summed E-state index contributed by atoms with van der Waals surface area (Å²) in [4.78, 5) is 6.91. The van der Waals surface area contributed by atoms with Gasteiger partial charge in [0.1, 0.15) is 4.99 Å². The normalized spacial score (nSPS) is 13.4. The van der Waals surface area contributed by atoms with Gasteiger partial charge in [-0.15, -0.1) is 0 Å². The number of thiocarbonyl (C=S) groups is 1. The number of rotatable bonds is 3. The Morgan fingerprint density at radius 2 is 2.16 bits per heavy atom. The molecule has 0 unspecified atom stereocenters. The summed E-state index contributed by atoms with van der Waals surface area (Å²) in [7, 11) is 0. The van der Waals surface area contributed by atoms with E-state index in [9.17, 15) is 0 Å². The second-order valence-electron chi connectivity index (χ2n) is 4.71. The van der Waals surface area contributed by atoms with Crippen LogP contribution in [0.3, 0.4) is 0 Å². The number of para-hydroxylation sites is 1. The highest BCUT2D eigenvalue weighted by Gasteiger charge is 2.18. The second kappa shape index (κ2) is 4.97. The molecule has 0 radical (unpaired) electrons. The van der Waals surface area contributed by atoms with Crippen molar-refractivity contribution in [2.45, 2.75) is 13.0 Å². The highest BCUT2D eigenvalue weighted by molar-refractivity contribution is 7.80. The van der Waals surface area contributed by atoms with Gasteiger partial charge in [0.05, 0.1) is 5.69 Å². The van der Waals surface area contributed by atoms with E-state index >= 15 is 0 Å². The summed E-state index contributed by atoms with van der Waals surface area (Å²) in [6.45, 7) is 1.93. The van der Waals surface area contributed by atoms with Crippen molar-refractivity contribution >= 4 is 22.9 Å². The first kappa shape index (κ1) is 12.1. The Bertz CT molecular complexity index is 624. The molecular weight excluding hydrogens is 254 g/mol. The lowest BCUT2D eigenvalue weighted by molar-refractivity contribution is 0.834. The van der Waals surface area contributed by atoms with Crippen molar-refractivity contribution in [2.24, 2.45) is 5.73 Å². The minimum absolute atomic E-state index is 0.351.